The lowest BCUT2D eigenvalue weighted by molar-refractivity contribution is -0.370. The van der Waals surface area contributed by atoms with Crippen LogP contribution >= 0.6 is 0 Å². The van der Waals surface area contributed by atoms with Gasteiger partial charge in [0, 0.05) is 29.6 Å². The van der Waals surface area contributed by atoms with Gasteiger partial charge in [-0.1, -0.05) is 73.6 Å². The summed E-state index contributed by atoms with van der Waals surface area (Å²) in [6.45, 7) is 14.9. The van der Waals surface area contributed by atoms with Gasteiger partial charge in [0.2, 0.25) is 5.91 Å². The van der Waals surface area contributed by atoms with Crippen LogP contribution in [-0.2, 0) is 33.3 Å². The predicted molar refractivity (Wildman–Crippen MR) is 194 cm³/mol. The van der Waals surface area contributed by atoms with Gasteiger partial charge in [0.25, 0.3) is 0 Å². The Bertz CT molecular complexity index is 1700. The average Bonchev–Trinajstić information content (AvgIpc) is 3.09. The van der Waals surface area contributed by atoms with Crippen LogP contribution in [0.3, 0.4) is 0 Å². The van der Waals surface area contributed by atoms with Crippen molar-refractivity contribution in [2.45, 2.75) is 142 Å². The fourth-order valence-electron chi connectivity index (χ4n) is 9.47. The molecule has 7 N–H and O–H groups in total. The molecule has 4 aliphatic rings. The molecule has 1 heterocycles. The number of aliphatic hydroxyl groups excluding tert-OH is 5. The Labute approximate surface area is 321 Å². The minimum Gasteiger partial charge on any atom is -0.455 e. The smallest absolute Gasteiger partial charge is 0.338 e. The van der Waals surface area contributed by atoms with Crippen LogP contribution in [0.1, 0.15) is 86.0 Å². The monoisotopic (exact) mass is 775 g/mol. The summed E-state index contributed by atoms with van der Waals surface area (Å²) in [5.41, 5.74) is -9.18. The normalized spacial score (nSPS) is 37.8. The SMILES string of the molecule is CC(=O)O[C@@]12CO[C@@H]1C[C@H](O)[C@]1(C)C2C(OC(=O)c2ccccc2)[C@]2(O)[C@@H](O)[C@H](OC(=O)[C@H](O)[C@@H](NC(=O)C(C)(C)C)C(C)C)C(C)=C([C@@H](O)[C@H]1O)C2(C)C. The zero-order valence-corrected chi connectivity index (χ0v) is 33.1. The Hall–Kier alpha value is -3.44. The van der Waals surface area contributed by atoms with Crippen molar-refractivity contribution in [3.63, 3.8) is 0 Å². The quantitative estimate of drug-likeness (QED) is 0.111. The van der Waals surface area contributed by atoms with E-state index in [1.165, 1.54) is 39.8 Å². The summed E-state index contributed by atoms with van der Waals surface area (Å²) in [7, 11) is 0. The molecule has 15 nitrogen and oxygen atoms in total. The number of amides is 1. The third-order valence-corrected chi connectivity index (χ3v) is 12.7. The van der Waals surface area contributed by atoms with E-state index < -0.39 is 118 Å². The standard InChI is InChI=1S/C40H57NO14/c1-18(2)25(41-35(50)36(5,6)7)27(45)34(49)53-28-19(3)24-26(44)30(46)38(10)22(43)16-23-39(17-52-23,55-20(4)42)29(38)32(40(51,31(28)47)37(24,8)9)54-33(48)21-14-12-11-13-15-21/h11-15,18,22-23,25-32,43-47,51H,16-17H2,1-10H3,(H,41,50)/t22-,23+,25-,26+,27+,28+,29?,30+,31-,32?,38+,39-,40+/m0/s1. The molecule has 1 amide bonds. The number of carbonyl (C=O) groups is 4. The molecule has 0 aromatic heterocycles. The predicted octanol–water partition coefficient (Wildman–Crippen LogP) is 0.943. The van der Waals surface area contributed by atoms with Gasteiger partial charge in [-0.3, -0.25) is 9.59 Å². The number of hydrogen-bond donors (Lipinski definition) is 7. The Morgan fingerprint density at radius 2 is 1.56 bits per heavy atom. The number of aliphatic hydroxyl groups is 6. The van der Waals surface area contributed by atoms with Gasteiger partial charge < -0.3 is 54.9 Å². The highest BCUT2D eigenvalue weighted by Crippen LogP contribution is 2.65. The van der Waals surface area contributed by atoms with Gasteiger partial charge in [0.1, 0.15) is 30.0 Å². The van der Waals surface area contributed by atoms with Crippen molar-refractivity contribution in [3.8, 4) is 0 Å². The first-order chi connectivity index (χ1) is 25.3. The number of nitrogens with one attached hydrogen (secondary N) is 1. The van der Waals surface area contributed by atoms with Crippen LogP contribution in [0.15, 0.2) is 41.5 Å². The molecule has 55 heavy (non-hydrogen) atoms. The minimum absolute atomic E-state index is 0.00846. The molecule has 3 fully saturated rings. The van der Waals surface area contributed by atoms with Crippen LogP contribution < -0.4 is 5.32 Å². The van der Waals surface area contributed by atoms with Crippen LogP contribution in [0.5, 0.6) is 0 Å². The van der Waals surface area contributed by atoms with Gasteiger partial charge in [0.05, 0.1) is 36.3 Å². The summed E-state index contributed by atoms with van der Waals surface area (Å²) in [6, 6.07) is 6.58. The third kappa shape index (κ3) is 6.58. The Morgan fingerprint density at radius 3 is 2.07 bits per heavy atom. The molecule has 0 spiro atoms. The van der Waals surface area contributed by atoms with Crippen molar-refractivity contribution in [2.75, 3.05) is 6.61 Å². The highest BCUT2D eigenvalue weighted by atomic mass is 16.6. The maximum Gasteiger partial charge on any atom is 0.338 e. The summed E-state index contributed by atoms with van der Waals surface area (Å²) in [5.74, 6) is -5.57. The van der Waals surface area contributed by atoms with E-state index in [1.54, 1.807) is 52.8 Å². The molecular weight excluding hydrogens is 718 g/mol. The summed E-state index contributed by atoms with van der Waals surface area (Å²) >= 11 is 0. The lowest BCUT2D eigenvalue weighted by Gasteiger charge is -2.69. The van der Waals surface area contributed by atoms with E-state index in [-0.39, 0.29) is 29.7 Å². The van der Waals surface area contributed by atoms with Gasteiger partial charge in [-0.05, 0) is 36.1 Å². The molecular formula is C40H57NO14. The fraction of sp³-hybridized carbons (Fsp3) is 0.700. The van der Waals surface area contributed by atoms with Crippen molar-refractivity contribution < 1.29 is 68.8 Å². The average molecular weight is 776 g/mol. The van der Waals surface area contributed by atoms with Crippen molar-refractivity contribution in [1.29, 1.82) is 0 Å². The highest BCUT2D eigenvalue weighted by molar-refractivity contribution is 5.89. The fourth-order valence-corrected chi connectivity index (χ4v) is 9.47. The Morgan fingerprint density at radius 1 is 0.964 bits per heavy atom. The van der Waals surface area contributed by atoms with Crippen molar-refractivity contribution >= 4 is 23.8 Å². The van der Waals surface area contributed by atoms with Crippen LogP contribution in [0.25, 0.3) is 0 Å². The van der Waals surface area contributed by atoms with Gasteiger partial charge in [-0.15, -0.1) is 0 Å². The molecule has 2 bridgehead atoms. The number of carbonyl (C=O) groups excluding carboxylic acids is 4. The lowest BCUT2D eigenvalue weighted by atomic mass is 9.44. The molecule has 1 aromatic rings. The second-order valence-electron chi connectivity index (χ2n) is 17.8. The molecule has 3 aliphatic carbocycles. The Kier molecular flexibility index (Phi) is 11.3. The Balaban J connectivity index is 1.73. The van der Waals surface area contributed by atoms with Crippen LogP contribution in [0.4, 0.5) is 0 Å². The molecule has 2 saturated carbocycles. The molecule has 0 radical (unpaired) electrons. The van der Waals surface area contributed by atoms with E-state index in [0.717, 1.165) is 6.92 Å². The molecule has 15 heteroatoms. The van der Waals surface area contributed by atoms with E-state index in [4.69, 9.17) is 18.9 Å². The first-order valence-electron chi connectivity index (χ1n) is 18.7. The molecule has 306 valence electrons. The van der Waals surface area contributed by atoms with Crippen molar-refractivity contribution in [2.24, 2.45) is 28.1 Å². The van der Waals surface area contributed by atoms with Crippen molar-refractivity contribution in [1.82, 2.24) is 5.32 Å². The number of ether oxygens (including phenoxy) is 4. The van der Waals surface area contributed by atoms with Crippen LogP contribution in [0, 0.1) is 28.1 Å². The number of hydrogen-bond acceptors (Lipinski definition) is 14. The molecule has 1 saturated heterocycles. The summed E-state index contributed by atoms with van der Waals surface area (Å²) in [5, 5.41) is 76.3. The zero-order valence-electron chi connectivity index (χ0n) is 33.1. The van der Waals surface area contributed by atoms with Crippen LogP contribution in [0.2, 0.25) is 0 Å². The van der Waals surface area contributed by atoms with Gasteiger partial charge in [0.15, 0.2) is 17.8 Å². The third-order valence-electron chi connectivity index (χ3n) is 12.7. The van der Waals surface area contributed by atoms with E-state index in [1.807, 2.05) is 0 Å². The first kappa shape index (κ1) is 42.7. The number of esters is 3. The van der Waals surface area contributed by atoms with Gasteiger partial charge in [-0.2, -0.15) is 0 Å². The lowest BCUT2D eigenvalue weighted by Crippen LogP contribution is -2.84. The second kappa shape index (κ2) is 14.5. The van der Waals surface area contributed by atoms with Gasteiger partial charge in [-0.25, -0.2) is 9.59 Å². The zero-order chi connectivity index (χ0) is 41.4. The number of fused-ring (bicyclic) bond motifs is 5. The summed E-state index contributed by atoms with van der Waals surface area (Å²) < 4.78 is 23.8. The van der Waals surface area contributed by atoms with E-state index >= 15 is 0 Å². The first-order valence-corrected chi connectivity index (χ1v) is 18.7. The van der Waals surface area contributed by atoms with Gasteiger partial charge >= 0.3 is 17.9 Å². The maximum atomic E-state index is 14.1. The van der Waals surface area contributed by atoms with Crippen molar-refractivity contribution in [3.05, 3.63) is 47.0 Å². The highest BCUT2D eigenvalue weighted by Gasteiger charge is 2.79. The molecule has 5 rings (SSSR count). The number of rotatable bonds is 8. The molecule has 1 aromatic carbocycles. The second-order valence-corrected chi connectivity index (χ2v) is 17.8. The maximum absolute atomic E-state index is 14.1. The van der Waals surface area contributed by atoms with E-state index in [2.05, 4.69) is 5.32 Å². The van der Waals surface area contributed by atoms with Crippen LogP contribution in [-0.4, -0.2) is 127 Å². The summed E-state index contributed by atoms with van der Waals surface area (Å²) in [6.07, 6.45) is -14.5. The van der Waals surface area contributed by atoms with E-state index in [0.29, 0.717) is 0 Å². The van der Waals surface area contributed by atoms with E-state index in [9.17, 15) is 49.8 Å². The molecule has 13 atom stereocenters. The summed E-state index contributed by atoms with van der Waals surface area (Å²) in [4.78, 5) is 53.7. The molecule has 1 aliphatic heterocycles. The molecule has 2 unspecified atom stereocenters. The topological polar surface area (TPSA) is 239 Å². The largest absolute Gasteiger partial charge is 0.455 e. The number of benzene rings is 1. The minimum atomic E-state index is -2.75.